The van der Waals surface area contributed by atoms with Crippen LogP contribution in [0.15, 0.2) is 11.8 Å². The predicted octanol–water partition coefficient (Wildman–Crippen LogP) is -1.07. The van der Waals surface area contributed by atoms with E-state index in [1.807, 2.05) is 0 Å². The Labute approximate surface area is 63.8 Å². The summed E-state index contributed by atoms with van der Waals surface area (Å²) in [4.78, 5) is 21.6. The first kappa shape index (κ1) is 7.59. The van der Waals surface area contributed by atoms with Crippen LogP contribution in [-0.2, 0) is 4.79 Å². The van der Waals surface area contributed by atoms with Crippen molar-refractivity contribution in [2.75, 3.05) is 13.6 Å². The Kier molecular flexibility index (Phi) is 2.10. The summed E-state index contributed by atoms with van der Waals surface area (Å²) >= 11 is 0. The van der Waals surface area contributed by atoms with E-state index in [1.54, 1.807) is 13.1 Å². The monoisotopic (exact) mass is 155 g/mol. The van der Waals surface area contributed by atoms with Crippen molar-refractivity contribution in [3.05, 3.63) is 11.8 Å². The highest BCUT2D eigenvalue weighted by Gasteiger charge is 2.13. The summed E-state index contributed by atoms with van der Waals surface area (Å²) in [6, 6.07) is -0.462. The number of hydrogen-bond acceptors (Lipinski definition) is 3. The van der Waals surface area contributed by atoms with Crippen molar-refractivity contribution in [1.82, 2.24) is 16.0 Å². The van der Waals surface area contributed by atoms with Crippen LogP contribution >= 0.6 is 0 Å². The maximum Gasteiger partial charge on any atom is 0.322 e. The molecule has 0 aromatic rings. The number of hydrogen-bond donors (Lipinski definition) is 3. The molecule has 0 radical (unpaired) electrons. The number of urea groups is 1. The summed E-state index contributed by atoms with van der Waals surface area (Å²) in [5.74, 6) is -0.400. The molecule has 1 rings (SSSR count). The summed E-state index contributed by atoms with van der Waals surface area (Å²) in [7, 11) is 1.63. The third-order valence-electron chi connectivity index (χ3n) is 1.31. The van der Waals surface area contributed by atoms with Gasteiger partial charge in [0.15, 0.2) is 0 Å². The number of nitrogens with one attached hydrogen (secondary N) is 3. The number of likely N-dealkylation sites (N-methyl/N-ethyl adjacent to an activating group) is 1. The fourth-order valence-electron chi connectivity index (χ4n) is 0.769. The fourth-order valence-corrected chi connectivity index (χ4v) is 0.769. The van der Waals surface area contributed by atoms with Crippen LogP contribution in [0, 0.1) is 0 Å². The Morgan fingerprint density at radius 1 is 1.55 bits per heavy atom. The molecule has 5 heteroatoms. The second-order valence-corrected chi connectivity index (χ2v) is 2.03. The van der Waals surface area contributed by atoms with Gasteiger partial charge in [-0.2, -0.15) is 0 Å². The summed E-state index contributed by atoms with van der Waals surface area (Å²) in [5, 5.41) is 7.25. The summed E-state index contributed by atoms with van der Waals surface area (Å²) < 4.78 is 0. The van der Waals surface area contributed by atoms with Gasteiger partial charge >= 0.3 is 6.03 Å². The van der Waals surface area contributed by atoms with Crippen molar-refractivity contribution in [3.63, 3.8) is 0 Å². The summed E-state index contributed by atoms with van der Waals surface area (Å²) in [6.07, 6.45) is 1.61. The zero-order chi connectivity index (χ0) is 8.27. The van der Waals surface area contributed by atoms with Crippen LogP contribution < -0.4 is 16.0 Å². The van der Waals surface area contributed by atoms with E-state index < -0.39 is 11.9 Å². The van der Waals surface area contributed by atoms with Crippen LogP contribution in [0.4, 0.5) is 4.79 Å². The van der Waals surface area contributed by atoms with Gasteiger partial charge in [-0.15, -0.1) is 0 Å². The van der Waals surface area contributed by atoms with Crippen LogP contribution in [0.1, 0.15) is 0 Å². The standard InChI is InChI=1S/C6H9N3O2/c1-7-4-2-3-8-6(11)9-5(4)10/h2,7H,3H2,1H3,(H2,8,9,10,11). The van der Waals surface area contributed by atoms with Crippen molar-refractivity contribution >= 4 is 11.9 Å². The average molecular weight is 155 g/mol. The van der Waals surface area contributed by atoms with Crippen molar-refractivity contribution in [3.8, 4) is 0 Å². The molecule has 0 aromatic heterocycles. The second kappa shape index (κ2) is 3.05. The molecule has 0 aromatic carbocycles. The molecule has 0 fully saturated rings. The summed E-state index contributed by atoms with van der Waals surface area (Å²) in [6.45, 7) is 0.369. The van der Waals surface area contributed by atoms with Crippen molar-refractivity contribution in [1.29, 1.82) is 0 Å². The molecule has 60 valence electrons. The van der Waals surface area contributed by atoms with Gasteiger partial charge in [-0.05, 0) is 6.08 Å². The quantitative estimate of drug-likeness (QED) is 0.451. The summed E-state index contributed by atoms with van der Waals surface area (Å²) in [5.41, 5.74) is 0.406. The molecule has 0 unspecified atom stereocenters. The molecule has 0 aliphatic carbocycles. The molecule has 11 heavy (non-hydrogen) atoms. The van der Waals surface area contributed by atoms with Crippen LogP contribution in [-0.4, -0.2) is 25.5 Å². The largest absolute Gasteiger partial charge is 0.384 e. The first-order chi connectivity index (χ1) is 5.24. The number of imide groups is 1. The third-order valence-corrected chi connectivity index (χ3v) is 1.31. The molecule has 5 nitrogen and oxygen atoms in total. The molecule has 0 spiro atoms. The van der Waals surface area contributed by atoms with E-state index in [4.69, 9.17) is 0 Å². The van der Waals surface area contributed by atoms with Crippen LogP contribution in [0.25, 0.3) is 0 Å². The van der Waals surface area contributed by atoms with Gasteiger partial charge in [0, 0.05) is 13.6 Å². The van der Waals surface area contributed by atoms with Crippen LogP contribution in [0.2, 0.25) is 0 Å². The maximum absolute atomic E-state index is 11.0. The fraction of sp³-hybridized carbons (Fsp3) is 0.333. The Morgan fingerprint density at radius 2 is 2.27 bits per heavy atom. The smallest absolute Gasteiger partial charge is 0.322 e. The van der Waals surface area contributed by atoms with Crippen molar-refractivity contribution in [2.24, 2.45) is 0 Å². The third kappa shape index (κ3) is 1.70. The number of rotatable bonds is 1. The lowest BCUT2D eigenvalue weighted by atomic mass is 10.4. The maximum atomic E-state index is 11.0. The molecule has 0 saturated heterocycles. The Bertz CT molecular complexity index is 222. The predicted molar refractivity (Wildman–Crippen MR) is 38.7 cm³/mol. The molecule has 0 saturated carbocycles. The minimum absolute atomic E-state index is 0.369. The lowest BCUT2D eigenvalue weighted by Gasteiger charge is -2.01. The van der Waals surface area contributed by atoms with E-state index in [1.165, 1.54) is 0 Å². The van der Waals surface area contributed by atoms with E-state index in [2.05, 4.69) is 16.0 Å². The van der Waals surface area contributed by atoms with Crippen molar-refractivity contribution in [2.45, 2.75) is 0 Å². The highest BCUT2D eigenvalue weighted by molar-refractivity contribution is 6.04. The molecule has 0 bridgehead atoms. The average Bonchev–Trinajstić information content (AvgIpc) is 2.11. The van der Waals surface area contributed by atoms with E-state index in [0.29, 0.717) is 12.2 Å². The Balaban J connectivity index is 2.72. The number of carbonyl (C=O) groups is 2. The first-order valence-corrected chi connectivity index (χ1v) is 3.21. The zero-order valence-electron chi connectivity index (χ0n) is 6.10. The Morgan fingerprint density at radius 3 is 2.91 bits per heavy atom. The minimum Gasteiger partial charge on any atom is -0.384 e. The van der Waals surface area contributed by atoms with Gasteiger partial charge in [-0.3, -0.25) is 10.1 Å². The molecule has 3 N–H and O–H groups in total. The van der Waals surface area contributed by atoms with Gasteiger partial charge in [-0.1, -0.05) is 0 Å². The number of carbonyl (C=O) groups excluding carboxylic acids is 2. The van der Waals surface area contributed by atoms with Gasteiger partial charge in [0.25, 0.3) is 5.91 Å². The van der Waals surface area contributed by atoms with E-state index in [0.717, 1.165) is 0 Å². The van der Waals surface area contributed by atoms with Crippen LogP contribution in [0.3, 0.4) is 0 Å². The molecular weight excluding hydrogens is 146 g/mol. The van der Waals surface area contributed by atoms with E-state index in [-0.39, 0.29) is 0 Å². The lowest BCUT2D eigenvalue weighted by Crippen LogP contribution is -2.38. The lowest BCUT2D eigenvalue weighted by molar-refractivity contribution is -0.116. The topological polar surface area (TPSA) is 70.2 Å². The van der Waals surface area contributed by atoms with E-state index >= 15 is 0 Å². The first-order valence-electron chi connectivity index (χ1n) is 3.21. The minimum atomic E-state index is -0.462. The normalized spacial score (nSPS) is 17.7. The zero-order valence-corrected chi connectivity index (χ0v) is 6.10. The molecule has 1 heterocycles. The highest BCUT2D eigenvalue weighted by Crippen LogP contribution is 1.90. The molecule has 1 aliphatic rings. The highest BCUT2D eigenvalue weighted by atomic mass is 16.2. The van der Waals surface area contributed by atoms with E-state index in [9.17, 15) is 9.59 Å². The van der Waals surface area contributed by atoms with Gasteiger partial charge in [-0.25, -0.2) is 4.79 Å². The van der Waals surface area contributed by atoms with Gasteiger partial charge in [0.1, 0.15) is 0 Å². The SMILES string of the molecule is CNC1=CCNC(=O)NC1=O. The molecular formula is C6H9N3O2. The second-order valence-electron chi connectivity index (χ2n) is 2.03. The number of amides is 3. The Hall–Kier alpha value is -1.52. The van der Waals surface area contributed by atoms with Crippen molar-refractivity contribution < 1.29 is 9.59 Å². The van der Waals surface area contributed by atoms with Crippen LogP contribution in [0.5, 0.6) is 0 Å². The van der Waals surface area contributed by atoms with Gasteiger partial charge in [0.2, 0.25) is 0 Å². The molecule has 1 aliphatic heterocycles. The molecule has 3 amide bonds. The molecule has 0 atom stereocenters. The van der Waals surface area contributed by atoms with Gasteiger partial charge < -0.3 is 10.6 Å². The van der Waals surface area contributed by atoms with Gasteiger partial charge in [0.05, 0.1) is 5.70 Å².